The number of fused-ring (bicyclic) bond motifs is 1. The Morgan fingerprint density at radius 3 is 2.48 bits per heavy atom. The van der Waals surface area contributed by atoms with Gasteiger partial charge in [0, 0.05) is 12.1 Å². The van der Waals surface area contributed by atoms with Crippen LogP contribution in [0.25, 0.3) is 10.9 Å². The lowest BCUT2D eigenvalue weighted by Crippen LogP contribution is -2.24. The molecule has 1 aromatic heterocycles. The molecule has 0 saturated carbocycles. The van der Waals surface area contributed by atoms with Gasteiger partial charge in [-0.3, -0.25) is 19.6 Å². The van der Waals surface area contributed by atoms with E-state index in [0.717, 1.165) is 5.56 Å². The Kier molecular flexibility index (Phi) is 3.94. The van der Waals surface area contributed by atoms with Gasteiger partial charge in [0.1, 0.15) is 0 Å². The minimum atomic E-state index is -0.524. The maximum Gasteiger partial charge on any atom is 0.275 e. The molecule has 0 aliphatic rings. The van der Waals surface area contributed by atoms with Crippen molar-refractivity contribution in [1.82, 2.24) is 9.36 Å². The highest BCUT2D eigenvalue weighted by Crippen LogP contribution is 2.19. The molecule has 7 heteroatoms. The van der Waals surface area contributed by atoms with Crippen LogP contribution in [0.1, 0.15) is 5.56 Å². The van der Waals surface area contributed by atoms with Crippen molar-refractivity contribution in [3.8, 4) is 0 Å². The zero-order chi connectivity index (χ0) is 16.4. The van der Waals surface area contributed by atoms with Gasteiger partial charge in [-0.05, 0) is 11.6 Å². The van der Waals surface area contributed by atoms with Gasteiger partial charge in [-0.1, -0.05) is 30.3 Å². The number of rotatable bonds is 5. The fourth-order valence-corrected chi connectivity index (χ4v) is 2.66. The molecule has 1 N–H and O–H groups in total. The molecular weight excluding hydrogens is 298 g/mol. The van der Waals surface area contributed by atoms with Gasteiger partial charge < -0.3 is 5.11 Å². The molecule has 0 fully saturated rings. The van der Waals surface area contributed by atoms with Crippen LogP contribution in [0.3, 0.4) is 0 Å². The van der Waals surface area contributed by atoms with E-state index in [4.69, 9.17) is 0 Å². The standard InChI is InChI=1S/C16H15N3O4/c20-9-8-17-15-7-6-13(19(22)23)10-14(15)16(21)18(17)11-12-4-2-1-3-5-12/h1-7,10,20H,8-9,11H2. The van der Waals surface area contributed by atoms with E-state index >= 15 is 0 Å². The Morgan fingerprint density at radius 2 is 1.83 bits per heavy atom. The topological polar surface area (TPSA) is 90.3 Å². The normalized spacial score (nSPS) is 11.0. The molecule has 0 spiro atoms. The number of aliphatic hydroxyl groups is 1. The summed E-state index contributed by atoms with van der Waals surface area (Å²) in [4.78, 5) is 23.0. The number of nitrogens with zero attached hydrogens (tertiary/aromatic N) is 3. The number of hydrogen-bond acceptors (Lipinski definition) is 4. The molecule has 0 unspecified atom stereocenters. The Balaban J connectivity index is 2.19. The second-order valence-corrected chi connectivity index (χ2v) is 5.15. The highest BCUT2D eigenvalue weighted by atomic mass is 16.6. The summed E-state index contributed by atoms with van der Waals surface area (Å²) in [7, 11) is 0. The summed E-state index contributed by atoms with van der Waals surface area (Å²) in [5.74, 6) is 0. The minimum Gasteiger partial charge on any atom is -0.394 e. The van der Waals surface area contributed by atoms with Gasteiger partial charge >= 0.3 is 0 Å². The Bertz CT molecular complexity index is 912. The number of nitro groups is 1. The lowest BCUT2D eigenvalue weighted by molar-refractivity contribution is -0.384. The predicted molar refractivity (Wildman–Crippen MR) is 85.5 cm³/mol. The molecule has 118 valence electrons. The summed E-state index contributed by atoms with van der Waals surface area (Å²) in [5.41, 5.74) is 1.08. The number of aliphatic hydroxyl groups excluding tert-OH is 1. The molecule has 2 aromatic carbocycles. The van der Waals surface area contributed by atoms with Crippen molar-refractivity contribution >= 4 is 16.6 Å². The van der Waals surface area contributed by atoms with Crippen LogP contribution < -0.4 is 5.56 Å². The highest BCUT2D eigenvalue weighted by molar-refractivity contribution is 5.81. The third-order valence-corrected chi connectivity index (χ3v) is 3.71. The Labute approximate surface area is 131 Å². The van der Waals surface area contributed by atoms with Crippen LogP contribution in [0.4, 0.5) is 5.69 Å². The molecular formula is C16H15N3O4. The molecule has 3 aromatic rings. The minimum absolute atomic E-state index is 0.123. The van der Waals surface area contributed by atoms with Crippen LogP contribution in [-0.2, 0) is 13.1 Å². The molecule has 0 amide bonds. The summed E-state index contributed by atoms with van der Waals surface area (Å²) < 4.78 is 3.16. The zero-order valence-corrected chi connectivity index (χ0v) is 12.3. The van der Waals surface area contributed by atoms with Crippen LogP contribution >= 0.6 is 0 Å². The maximum absolute atomic E-state index is 12.6. The second-order valence-electron chi connectivity index (χ2n) is 5.15. The van der Waals surface area contributed by atoms with Crippen LogP contribution in [0.2, 0.25) is 0 Å². The second kappa shape index (κ2) is 6.05. The summed E-state index contributed by atoms with van der Waals surface area (Å²) >= 11 is 0. The quantitative estimate of drug-likeness (QED) is 0.574. The molecule has 23 heavy (non-hydrogen) atoms. The largest absolute Gasteiger partial charge is 0.394 e. The van der Waals surface area contributed by atoms with Crippen molar-refractivity contribution < 1.29 is 10.0 Å². The number of nitro benzene ring substituents is 1. The number of benzene rings is 2. The van der Waals surface area contributed by atoms with Crippen molar-refractivity contribution in [2.75, 3.05) is 6.61 Å². The van der Waals surface area contributed by atoms with Crippen LogP contribution in [0.15, 0.2) is 53.3 Å². The molecule has 1 heterocycles. The third kappa shape index (κ3) is 2.74. The maximum atomic E-state index is 12.6. The van der Waals surface area contributed by atoms with Crippen molar-refractivity contribution in [2.24, 2.45) is 0 Å². The summed E-state index contributed by atoms with van der Waals surface area (Å²) in [5, 5.41) is 20.5. The van der Waals surface area contributed by atoms with Crippen molar-refractivity contribution in [3.63, 3.8) is 0 Å². The van der Waals surface area contributed by atoms with Gasteiger partial charge in [0.05, 0.1) is 35.5 Å². The molecule has 0 aliphatic carbocycles. The number of aromatic nitrogens is 2. The van der Waals surface area contributed by atoms with Gasteiger partial charge in [-0.15, -0.1) is 0 Å². The van der Waals surface area contributed by atoms with E-state index in [1.165, 1.54) is 16.8 Å². The summed E-state index contributed by atoms with van der Waals surface area (Å²) in [6, 6.07) is 13.6. The molecule has 0 bridgehead atoms. The molecule has 0 saturated heterocycles. The molecule has 0 radical (unpaired) electrons. The Morgan fingerprint density at radius 1 is 1.09 bits per heavy atom. The van der Waals surface area contributed by atoms with Gasteiger partial charge in [0.25, 0.3) is 11.2 Å². The first-order valence-electron chi connectivity index (χ1n) is 7.14. The fraction of sp³-hybridized carbons (Fsp3) is 0.188. The summed E-state index contributed by atoms with van der Waals surface area (Å²) in [6.45, 7) is 0.445. The van der Waals surface area contributed by atoms with E-state index in [9.17, 15) is 20.0 Å². The van der Waals surface area contributed by atoms with Gasteiger partial charge in [0.2, 0.25) is 0 Å². The van der Waals surface area contributed by atoms with E-state index in [2.05, 4.69) is 0 Å². The monoisotopic (exact) mass is 313 g/mol. The van der Waals surface area contributed by atoms with Gasteiger partial charge in [-0.2, -0.15) is 0 Å². The number of hydrogen-bond donors (Lipinski definition) is 1. The van der Waals surface area contributed by atoms with E-state index in [1.54, 1.807) is 10.7 Å². The van der Waals surface area contributed by atoms with Crippen molar-refractivity contribution in [2.45, 2.75) is 13.1 Å². The number of non-ortho nitro benzene ring substituents is 1. The molecule has 7 nitrogen and oxygen atoms in total. The predicted octanol–water partition coefficient (Wildman–Crippen LogP) is 1.75. The first kappa shape index (κ1) is 15.0. The van der Waals surface area contributed by atoms with Gasteiger partial charge in [-0.25, -0.2) is 4.68 Å². The van der Waals surface area contributed by atoms with Crippen molar-refractivity contribution in [1.29, 1.82) is 0 Å². The van der Waals surface area contributed by atoms with E-state index in [-0.39, 0.29) is 29.8 Å². The average molecular weight is 313 g/mol. The Hall–Kier alpha value is -2.93. The lowest BCUT2D eigenvalue weighted by atomic mass is 10.2. The average Bonchev–Trinajstić information content (AvgIpc) is 2.81. The van der Waals surface area contributed by atoms with Crippen LogP contribution in [-0.4, -0.2) is 26.0 Å². The first-order valence-corrected chi connectivity index (χ1v) is 7.14. The molecule has 3 rings (SSSR count). The highest BCUT2D eigenvalue weighted by Gasteiger charge is 2.16. The van der Waals surface area contributed by atoms with E-state index in [0.29, 0.717) is 12.1 Å². The summed E-state index contributed by atoms with van der Waals surface area (Å²) in [6.07, 6.45) is 0. The SMILES string of the molecule is O=c1c2cc([N+](=O)[O-])ccc2n(CCO)n1Cc1ccccc1. The zero-order valence-electron chi connectivity index (χ0n) is 12.3. The molecule has 0 atom stereocenters. The lowest BCUT2D eigenvalue weighted by Gasteiger charge is -2.11. The fourth-order valence-electron chi connectivity index (χ4n) is 2.66. The van der Waals surface area contributed by atoms with E-state index in [1.807, 2.05) is 30.3 Å². The van der Waals surface area contributed by atoms with Crippen LogP contribution in [0.5, 0.6) is 0 Å². The van der Waals surface area contributed by atoms with Crippen molar-refractivity contribution in [3.05, 3.63) is 74.6 Å². The first-order chi connectivity index (χ1) is 11.1. The van der Waals surface area contributed by atoms with Gasteiger partial charge in [0.15, 0.2) is 0 Å². The smallest absolute Gasteiger partial charge is 0.275 e. The van der Waals surface area contributed by atoms with E-state index < -0.39 is 4.92 Å². The molecule has 0 aliphatic heterocycles. The third-order valence-electron chi connectivity index (χ3n) is 3.71. The van der Waals surface area contributed by atoms with Crippen LogP contribution in [0, 0.1) is 10.1 Å².